The van der Waals surface area contributed by atoms with Gasteiger partial charge in [-0.1, -0.05) is 0 Å². The van der Waals surface area contributed by atoms with Crippen molar-refractivity contribution in [1.82, 2.24) is 4.57 Å². The molecule has 0 saturated heterocycles. The van der Waals surface area contributed by atoms with E-state index >= 15 is 0 Å². The van der Waals surface area contributed by atoms with Crippen LogP contribution in [0.1, 0.15) is 24.6 Å². The molecule has 0 amide bonds. The average molecular weight is 260 g/mol. The first-order valence-electron chi connectivity index (χ1n) is 6.64. The molecule has 2 N–H and O–H groups in total. The molecule has 1 aromatic heterocycles. The standard InChI is InChI=1S/C15H20N2S/c1-10(16)8-12-13-9-11(18-2)5-6-15(13)17-7-3-4-14(12)17/h5-6,9-10H,3-4,7-8,16H2,1-2H3/t10-/m0/s1. The molecule has 18 heavy (non-hydrogen) atoms. The minimum atomic E-state index is 0.235. The summed E-state index contributed by atoms with van der Waals surface area (Å²) in [5.41, 5.74) is 10.4. The summed E-state index contributed by atoms with van der Waals surface area (Å²) < 4.78 is 2.50. The van der Waals surface area contributed by atoms with Gasteiger partial charge in [0.25, 0.3) is 0 Å². The molecular weight excluding hydrogens is 240 g/mol. The van der Waals surface area contributed by atoms with Crippen molar-refractivity contribution in [2.24, 2.45) is 5.73 Å². The predicted molar refractivity (Wildman–Crippen MR) is 79.4 cm³/mol. The molecule has 2 heterocycles. The van der Waals surface area contributed by atoms with Gasteiger partial charge in [-0.3, -0.25) is 0 Å². The Bertz CT molecular complexity index is 584. The van der Waals surface area contributed by atoms with Gasteiger partial charge in [0, 0.05) is 34.1 Å². The molecule has 1 atom stereocenters. The van der Waals surface area contributed by atoms with Crippen LogP contribution in [0.3, 0.4) is 0 Å². The largest absolute Gasteiger partial charge is 0.344 e. The summed E-state index contributed by atoms with van der Waals surface area (Å²) in [7, 11) is 0. The number of nitrogens with two attached hydrogens (primary N) is 1. The molecule has 0 spiro atoms. The van der Waals surface area contributed by atoms with E-state index in [1.54, 1.807) is 0 Å². The van der Waals surface area contributed by atoms with E-state index in [0.717, 1.165) is 6.42 Å². The number of benzene rings is 1. The SMILES string of the molecule is CSc1ccc2c(c1)c(C[C@H](C)N)c1n2CCC1. The summed E-state index contributed by atoms with van der Waals surface area (Å²) >= 11 is 1.81. The van der Waals surface area contributed by atoms with Gasteiger partial charge >= 0.3 is 0 Å². The summed E-state index contributed by atoms with van der Waals surface area (Å²) in [6, 6.07) is 7.08. The summed E-state index contributed by atoms with van der Waals surface area (Å²) in [5, 5.41) is 1.42. The zero-order chi connectivity index (χ0) is 12.7. The number of fused-ring (bicyclic) bond motifs is 3. The van der Waals surface area contributed by atoms with Crippen LogP contribution in [-0.2, 0) is 19.4 Å². The van der Waals surface area contributed by atoms with Crippen LogP contribution in [0.5, 0.6) is 0 Å². The van der Waals surface area contributed by atoms with Crippen molar-refractivity contribution >= 4 is 22.7 Å². The normalized spacial score (nSPS) is 16.2. The topological polar surface area (TPSA) is 30.9 Å². The van der Waals surface area contributed by atoms with Gasteiger partial charge in [0.2, 0.25) is 0 Å². The molecule has 96 valence electrons. The van der Waals surface area contributed by atoms with Gasteiger partial charge in [0.15, 0.2) is 0 Å². The smallest absolute Gasteiger partial charge is 0.0486 e. The van der Waals surface area contributed by atoms with Crippen LogP contribution < -0.4 is 5.73 Å². The second kappa shape index (κ2) is 4.63. The zero-order valence-electron chi connectivity index (χ0n) is 11.1. The quantitative estimate of drug-likeness (QED) is 0.859. The van der Waals surface area contributed by atoms with Crippen LogP contribution in [0, 0.1) is 0 Å². The van der Waals surface area contributed by atoms with Gasteiger partial charge < -0.3 is 10.3 Å². The van der Waals surface area contributed by atoms with E-state index in [-0.39, 0.29) is 6.04 Å². The molecular formula is C15H20N2S. The van der Waals surface area contributed by atoms with Crippen molar-refractivity contribution in [1.29, 1.82) is 0 Å². The Morgan fingerprint density at radius 3 is 3.00 bits per heavy atom. The lowest BCUT2D eigenvalue weighted by atomic mass is 10.0. The average Bonchev–Trinajstić information content (AvgIpc) is 2.92. The molecule has 0 unspecified atom stereocenters. The van der Waals surface area contributed by atoms with Crippen molar-refractivity contribution in [3.8, 4) is 0 Å². The molecule has 1 aliphatic rings. The molecule has 2 aromatic rings. The lowest BCUT2D eigenvalue weighted by Crippen LogP contribution is -2.18. The molecule has 3 rings (SSSR count). The number of nitrogens with zero attached hydrogens (tertiary/aromatic N) is 1. The molecule has 1 aromatic carbocycles. The minimum absolute atomic E-state index is 0.235. The van der Waals surface area contributed by atoms with Crippen LogP contribution in [0.25, 0.3) is 10.9 Å². The fourth-order valence-corrected chi connectivity index (χ4v) is 3.52. The fraction of sp³-hybridized carbons (Fsp3) is 0.467. The highest BCUT2D eigenvalue weighted by molar-refractivity contribution is 7.98. The minimum Gasteiger partial charge on any atom is -0.344 e. The van der Waals surface area contributed by atoms with E-state index in [1.807, 2.05) is 11.8 Å². The van der Waals surface area contributed by atoms with Crippen LogP contribution in [0.4, 0.5) is 0 Å². The maximum absolute atomic E-state index is 6.02. The first-order valence-corrected chi connectivity index (χ1v) is 7.86. The Morgan fingerprint density at radius 2 is 2.28 bits per heavy atom. The first kappa shape index (κ1) is 12.1. The highest BCUT2D eigenvalue weighted by Gasteiger charge is 2.21. The first-order chi connectivity index (χ1) is 8.70. The van der Waals surface area contributed by atoms with E-state index in [2.05, 4.69) is 35.9 Å². The second-order valence-electron chi connectivity index (χ2n) is 5.24. The molecule has 3 heteroatoms. The third kappa shape index (κ3) is 1.86. The predicted octanol–water partition coefficient (Wildman–Crippen LogP) is 3.20. The Kier molecular flexibility index (Phi) is 3.12. The third-order valence-corrected chi connectivity index (χ3v) is 4.54. The van der Waals surface area contributed by atoms with Crippen molar-refractivity contribution in [3.05, 3.63) is 29.5 Å². The summed E-state index contributed by atoms with van der Waals surface area (Å²) in [6.07, 6.45) is 5.62. The van der Waals surface area contributed by atoms with Gasteiger partial charge in [-0.05, 0) is 56.2 Å². The number of aromatic nitrogens is 1. The van der Waals surface area contributed by atoms with Gasteiger partial charge in [0.05, 0.1) is 0 Å². The lowest BCUT2D eigenvalue weighted by Gasteiger charge is -2.06. The van der Waals surface area contributed by atoms with Crippen LogP contribution in [0.2, 0.25) is 0 Å². The molecule has 0 saturated carbocycles. The maximum atomic E-state index is 6.02. The molecule has 0 fully saturated rings. The lowest BCUT2D eigenvalue weighted by molar-refractivity contribution is 0.733. The highest BCUT2D eigenvalue weighted by atomic mass is 32.2. The molecule has 1 aliphatic heterocycles. The molecule has 0 radical (unpaired) electrons. The zero-order valence-corrected chi connectivity index (χ0v) is 11.9. The number of aryl methyl sites for hydroxylation is 1. The van der Waals surface area contributed by atoms with Crippen LogP contribution >= 0.6 is 11.8 Å². The van der Waals surface area contributed by atoms with Crippen molar-refractivity contribution in [2.75, 3.05) is 6.26 Å². The van der Waals surface area contributed by atoms with E-state index < -0.39 is 0 Å². The summed E-state index contributed by atoms with van der Waals surface area (Å²) in [4.78, 5) is 1.35. The monoisotopic (exact) mass is 260 g/mol. The van der Waals surface area contributed by atoms with Gasteiger partial charge in [0.1, 0.15) is 0 Å². The third-order valence-electron chi connectivity index (χ3n) is 3.82. The van der Waals surface area contributed by atoms with Crippen LogP contribution in [-0.4, -0.2) is 16.9 Å². The van der Waals surface area contributed by atoms with Gasteiger partial charge in [-0.25, -0.2) is 0 Å². The number of hydrogen-bond acceptors (Lipinski definition) is 2. The number of hydrogen-bond donors (Lipinski definition) is 1. The van der Waals surface area contributed by atoms with Gasteiger partial charge in [-0.15, -0.1) is 11.8 Å². The molecule has 0 bridgehead atoms. The Morgan fingerprint density at radius 1 is 1.44 bits per heavy atom. The fourth-order valence-electron chi connectivity index (χ4n) is 3.08. The summed E-state index contributed by atoms with van der Waals surface area (Å²) in [6.45, 7) is 3.27. The van der Waals surface area contributed by atoms with E-state index in [4.69, 9.17) is 5.73 Å². The summed E-state index contributed by atoms with van der Waals surface area (Å²) in [5.74, 6) is 0. The van der Waals surface area contributed by atoms with Crippen LogP contribution in [0.15, 0.2) is 23.1 Å². The molecule has 2 nitrogen and oxygen atoms in total. The Labute approximate surface area is 113 Å². The van der Waals surface area contributed by atoms with Crippen molar-refractivity contribution in [3.63, 3.8) is 0 Å². The Balaban J connectivity index is 2.23. The van der Waals surface area contributed by atoms with Crippen molar-refractivity contribution in [2.45, 2.75) is 43.7 Å². The van der Waals surface area contributed by atoms with E-state index in [9.17, 15) is 0 Å². The number of thioether (sulfide) groups is 1. The molecule has 0 aliphatic carbocycles. The van der Waals surface area contributed by atoms with E-state index in [0.29, 0.717) is 0 Å². The van der Waals surface area contributed by atoms with Crippen molar-refractivity contribution < 1.29 is 0 Å². The maximum Gasteiger partial charge on any atom is 0.0486 e. The Hall–Kier alpha value is -0.930. The highest BCUT2D eigenvalue weighted by Crippen LogP contribution is 2.34. The van der Waals surface area contributed by atoms with E-state index in [1.165, 1.54) is 46.4 Å². The van der Waals surface area contributed by atoms with Gasteiger partial charge in [-0.2, -0.15) is 0 Å². The second-order valence-corrected chi connectivity index (χ2v) is 6.12. The number of rotatable bonds is 3.